The van der Waals surface area contributed by atoms with Crippen molar-refractivity contribution in [3.05, 3.63) is 103 Å². The Balaban J connectivity index is 1.92. The van der Waals surface area contributed by atoms with Crippen LogP contribution in [0.15, 0.2) is 77.6 Å². The molecule has 0 atom stereocenters. The van der Waals surface area contributed by atoms with Gasteiger partial charge >= 0.3 is 0 Å². The van der Waals surface area contributed by atoms with Gasteiger partial charge < -0.3 is 0 Å². The average Bonchev–Trinajstić information content (AvgIpc) is 3.10. The van der Waals surface area contributed by atoms with Crippen molar-refractivity contribution < 1.29 is 0 Å². The topological polar surface area (TPSA) is 26.4 Å². The van der Waals surface area contributed by atoms with Crippen molar-refractivity contribution in [2.75, 3.05) is 0 Å². The van der Waals surface area contributed by atoms with Gasteiger partial charge in [-0.05, 0) is 48.1 Å². The first-order chi connectivity index (χ1) is 14.5. The molecule has 5 aromatic rings. The van der Waals surface area contributed by atoms with Crippen molar-refractivity contribution in [2.45, 2.75) is 6.54 Å². The number of hydrogen-bond acceptors (Lipinski definition) is 3. The molecule has 0 aliphatic carbocycles. The minimum absolute atomic E-state index is 0.0679. The SMILES string of the molecule is O=c1c2ccccc2n2c(=S)sc(-c3ccccc3Cl)c2n1Cc1ccc(Cl)cc1. The summed E-state index contributed by atoms with van der Waals surface area (Å²) in [4.78, 5) is 14.4. The van der Waals surface area contributed by atoms with Crippen LogP contribution in [-0.2, 0) is 6.54 Å². The van der Waals surface area contributed by atoms with E-state index in [1.807, 2.05) is 77.2 Å². The molecule has 0 saturated heterocycles. The van der Waals surface area contributed by atoms with Gasteiger partial charge in [-0.15, -0.1) is 11.3 Å². The molecule has 0 aliphatic heterocycles. The molecular weight excluding hydrogens is 455 g/mol. The van der Waals surface area contributed by atoms with E-state index in [9.17, 15) is 4.79 Å². The largest absolute Gasteiger partial charge is 0.288 e. The molecule has 0 saturated carbocycles. The van der Waals surface area contributed by atoms with Crippen molar-refractivity contribution in [1.29, 1.82) is 0 Å². The number of benzene rings is 3. The van der Waals surface area contributed by atoms with Gasteiger partial charge in [-0.1, -0.05) is 65.7 Å². The lowest BCUT2D eigenvalue weighted by molar-refractivity contribution is 0.781. The van der Waals surface area contributed by atoms with E-state index >= 15 is 0 Å². The zero-order valence-electron chi connectivity index (χ0n) is 15.5. The number of hydrogen-bond donors (Lipinski definition) is 0. The summed E-state index contributed by atoms with van der Waals surface area (Å²) in [5.41, 5.74) is 3.31. The summed E-state index contributed by atoms with van der Waals surface area (Å²) in [6, 6.07) is 22.7. The Hall–Kier alpha value is -2.44. The van der Waals surface area contributed by atoms with E-state index in [1.165, 1.54) is 11.3 Å². The van der Waals surface area contributed by atoms with Crippen LogP contribution in [0.2, 0.25) is 10.0 Å². The van der Waals surface area contributed by atoms with Crippen molar-refractivity contribution in [2.24, 2.45) is 0 Å². The fourth-order valence-corrected chi connectivity index (χ4v) is 5.53. The van der Waals surface area contributed by atoms with Crippen LogP contribution in [0.25, 0.3) is 27.0 Å². The van der Waals surface area contributed by atoms with Gasteiger partial charge in [0.05, 0.1) is 22.3 Å². The normalized spacial score (nSPS) is 11.4. The Morgan fingerprint density at radius 3 is 2.37 bits per heavy atom. The Labute approximate surface area is 191 Å². The standard InChI is InChI=1S/C23H14Cl2N2OS2/c24-15-11-9-14(10-12-15)13-26-21-20(16-5-1-3-7-18(16)25)30-23(29)27(21)19-8-4-2-6-17(19)22(26)28/h1-12H,13H2. The molecule has 0 unspecified atom stereocenters. The maximum Gasteiger partial charge on any atom is 0.261 e. The Morgan fingerprint density at radius 1 is 0.900 bits per heavy atom. The quantitative estimate of drug-likeness (QED) is 0.264. The molecule has 2 aromatic heterocycles. The fourth-order valence-electron chi connectivity index (χ4n) is 3.65. The first kappa shape index (κ1) is 19.5. The Bertz CT molecular complexity index is 1530. The zero-order chi connectivity index (χ0) is 20.8. The second-order valence-electron chi connectivity index (χ2n) is 6.87. The second-order valence-corrected chi connectivity index (χ2v) is 9.36. The Morgan fingerprint density at radius 2 is 1.60 bits per heavy atom. The van der Waals surface area contributed by atoms with Crippen LogP contribution in [0.3, 0.4) is 0 Å². The van der Waals surface area contributed by atoms with Crippen LogP contribution in [0.4, 0.5) is 0 Å². The smallest absolute Gasteiger partial charge is 0.261 e. The Kier molecular flexibility index (Phi) is 4.99. The molecule has 2 heterocycles. The van der Waals surface area contributed by atoms with Crippen molar-refractivity contribution in [3.63, 3.8) is 0 Å². The minimum Gasteiger partial charge on any atom is -0.288 e. The third-order valence-corrected chi connectivity index (χ3v) is 7.01. The van der Waals surface area contributed by atoms with E-state index < -0.39 is 0 Å². The third kappa shape index (κ3) is 3.19. The fraction of sp³-hybridized carbons (Fsp3) is 0.0435. The lowest BCUT2D eigenvalue weighted by atomic mass is 10.1. The number of thiazole rings is 1. The molecule has 3 nitrogen and oxygen atoms in total. The molecule has 30 heavy (non-hydrogen) atoms. The third-order valence-electron chi connectivity index (χ3n) is 5.04. The molecule has 0 N–H and O–H groups in total. The average molecular weight is 469 g/mol. The highest BCUT2D eigenvalue weighted by Crippen LogP contribution is 2.37. The van der Waals surface area contributed by atoms with Gasteiger partial charge in [0.25, 0.3) is 5.56 Å². The van der Waals surface area contributed by atoms with Crippen LogP contribution in [0.1, 0.15) is 5.56 Å². The van der Waals surface area contributed by atoms with E-state index in [0.717, 1.165) is 27.2 Å². The molecule has 0 radical (unpaired) electrons. The first-order valence-corrected chi connectivity index (χ1v) is 11.2. The lowest BCUT2D eigenvalue weighted by Gasteiger charge is -2.14. The predicted molar refractivity (Wildman–Crippen MR) is 129 cm³/mol. The molecule has 0 bridgehead atoms. The summed E-state index contributed by atoms with van der Waals surface area (Å²) in [7, 11) is 0. The van der Waals surface area contributed by atoms with Gasteiger partial charge in [-0.2, -0.15) is 0 Å². The highest BCUT2D eigenvalue weighted by atomic mass is 35.5. The predicted octanol–water partition coefficient (Wildman–Crippen LogP) is 7.07. The summed E-state index contributed by atoms with van der Waals surface area (Å²) < 4.78 is 4.42. The van der Waals surface area contributed by atoms with Gasteiger partial charge in [-0.25, -0.2) is 0 Å². The first-order valence-electron chi connectivity index (χ1n) is 9.21. The van der Waals surface area contributed by atoms with Crippen molar-refractivity contribution in [3.8, 4) is 10.4 Å². The summed E-state index contributed by atoms with van der Waals surface area (Å²) in [6.45, 7) is 0.396. The van der Waals surface area contributed by atoms with Gasteiger partial charge in [0.1, 0.15) is 5.65 Å². The zero-order valence-corrected chi connectivity index (χ0v) is 18.7. The number of rotatable bonds is 3. The summed E-state index contributed by atoms with van der Waals surface area (Å²) in [5, 5.41) is 1.90. The van der Waals surface area contributed by atoms with Crippen LogP contribution >= 0.6 is 46.8 Å². The molecule has 0 spiro atoms. The second kappa shape index (κ2) is 7.67. The molecule has 3 aromatic carbocycles. The monoisotopic (exact) mass is 468 g/mol. The molecule has 0 amide bonds. The number of aromatic nitrogens is 2. The van der Waals surface area contributed by atoms with Crippen molar-refractivity contribution in [1.82, 2.24) is 8.97 Å². The molecule has 5 rings (SSSR count). The summed E-state index contributed by atoms with van der Waals surface area (Å²) >= 11 is 19.8. The maximum atomic E-state index is 13.6. The van der Waals surface area contributed by atoms with Crippen LogP contribution < -0.4 is 5.56 Å². The number of fused-ring (bicyclic) bond motifs is 3. The summed E-state index contributed by atoms with van der Waals surface area (Å²) in [6.07, 6.45) is 0. The van der Waals surface area contributed by atoms with Gasteiger partial charge in [0.2, 0.25) is 0 Å². The highest BCUT2D eigenvalue weighted by molar-refractivity contribution is 7.73. The number of halogens is 2. The molecule has 0 fully saturated rings. The molecule has 148 valence electrons. The van der Waals surface area contributed by atoms with E-state index in [2.05, 4.69) is 0 Å². The van der Waals surface area contributed by atoms with E-state index in [0.29, 0.717) is 25.9 Å². The van der Waals surface area contributed by atoms with E-state index in [-0.39, 0.29) is 5.56 Å². The van der Waals surface area contributed by atoms with Gasteiger partial charge in [-0.3, -0.25) is 13.8 Å². The highest BCUT2D eigenvalue weighted by Gasteiger charge is 2.19. The van der Waals surface area contributed by atoms with Crippen LogP contribution in [0.5, 0.6) is 0 Å². The minimum atomic E-state index is -0.0679. The number of para-hydroxylation sites is 1. The number of nitrogens with zero attached hydrogens (tertiary/aromatic N) is 2. The summed E-state index contributed by atoms with van der Waals surface area (Å²) in [5.74, 6) is 0. The van der Waals surface area contributed by atoms with Crippen LogP contribution in [0, 0.1) is 3.95 Å². The van der Waals surface area contributed by atoms with E-state index in [1.54, 1.807) is 4.57 Å². The van der Waals surface area contributed by atoms with Gasteiger partial charge in [0, 0.05) is 15.6 Å². The van der Waals surface area contributed by atoms with Crippen molar-refractivity contribution >= 4 is 63.3 Å². The maximum absolute atomic E-state index is 13.6. The lowest BCUT2D eigenvalue weighted by Crippen LogP contribution is -2.23. The molecular formula is C23H14Cl2N2OS2. The van der Waals surface area contributed by atoms with E-state index in [4.69, 9.17) is 35.4 Å². The van der Waals surface area contributed by atoms with Gasteiger partial charge in [0.15, 0.2) is 3.95 Å². The molecule has 0 aliphatic rings. The van der Waals surface area contributed by atoms with Crippen LogP contribution in [-0.4, -0.2) is 8.97 Å². The molecule has 7 heteroatoms.